The smallest absolute Gasteiger partial charge is 0.335 e. The summed E-state index contributed by atoms with van der Waals surface area (Å²) in [6.07, 6.45) is 0.0907. The highest BCUT2D eigenvalue weighted by atomic mass is 79.9. The molecule has 6 rings (SSSR count). The number of hydrogen-bond donors (Lipinski definition) is 1. The average molecular weight is 950 g/mol. The Morgan fingerprint density at radius 3 is 1.69 bits per heavy atom. The van der Waals surface area contributed by atoms with Crippen LogP contribution in [0, 0.1) is 47.6 Å². The van der Waals surface area contributed by atoms with E-state index in [0.717, 1.165) is 6.07 Å². The summed E-state index contributed by atoms with van der Waals surface area (Å²) >= 11 is 6.61. The summed E-state index contributed by atoms with van der Waals surface area (Å²) in [6.45, 7) is 2.07. The van der Waals surface area contributed by atoms with Crippen LogP contribution in [0.25, 0.3) is 16.9 Å². The summed E-state index contributed by atoms with van der Waals surface area (Å²) in [4.78, 5) is 34.7. The monoisotopic (exact) mass is 947 g/mol. The number of carboxylic acids is 1. The first-order valence-corrected chi connectivity index (χ1v) is 18.9. The molecule has 0 saturated heterocycles. The molecule has 1 heterocycles. The van der Waals surface area contributed by atoms with E-state index in [-0.39, 0.29) is 52.7 Å². The summed E-state index contributed by atoms with van der Waals surface area (Å²) < 4.78 is 110. The third-order valence-corrected chi connectivity index (χ3v) is 9.62. The van der Waals surface area contributed by atoms with Crippen molar-refractivity contribution in [1.29, 1.82) is 0 Å². The fourth-order valence-corrected chi connectivity index (χ4v) is 6.43. The van der Waals surface area contributed by atoms with E-state index in [9.17, 15) is 50.2 Å². The Morgan fingerprint density at radius 1 is 0.627 bits per heavy atom. The minimum absolute atomic E-state index is 0.00141. The van der Waals surface area contributed by atoms with Crippen LogP contribution in [-0.2, 0) is 18.0 Å². The molecule has 5 aromatic carbocycles. The Kier molecular flexibility index (Phi) is 14.5. The lowest BCUT2D eigenvalue weighted by Gasteiger charge is -2.17. The summed E-state index contributed by atoms with van der Waals surface area (Å²) in [5.41, 5.74) is 0.744. The molecule has 0 fully saturated rings. The van der Waals surface area contributed by atoms with Gasteiger partial charge in [-0.2, -0.15) is 0 Å². The van der Waals surface area contributed by atoms with Gasteiger partial charge in [0, 0.05) is 57.3 Å². The molecule has 0 unspecified atom stereocenters. The first-order valence-electron chi connectivity index (χ1n) is 17.3. The Balaban J connectivity index is 0.000000236. The van der Waals surface area contributed by atoms with Gasteiger partial charge in [0.1, 0.15) is 71.2 Å². The third kappa shape index (κ3) is 11.1. The molecular formula is C43H30Br2F7NO6. The first kappa shape index (κ1) is 44.4. The molecule has 1 N–H and O–H groups in total. The molecule has 0 aliphatic rings. The lowest BCUT2D eigenvalue weighted by Crippen LogP contribution is -2.08. The van der Waals surface area contributed by atoms with E-state index < -0.39 is 71.0 Å². The molecule has 1 aromatic heterocycles. The molecule has 6 aromatic rings. The van der Waals surface area contributed by atoms with Crippen LogP contribution in [0.4, 0.5) is 30.7 Å². The Hall–Kier alpha value is -5.74. The molecule has 16 heteroatoms. The molecule has 0 radical (unpaired) electrons. The number of aryl methyl sites for hydroxylation is 1. The maximum absolute atomic E-state index is 14.8. The standard InChI is InChI=1S/C25H16BrF4NO3.C18H14BrF3O3/c1-13-2-6-22(31(13)23-8-14(25(32)33)3-5-19(23)28)17-9-15(26)4-7-24(17)34-12-18-20(29)10-16(27)11-21(18)30;1-10(23)2-4-17(24)13-6-11(19)3-5-18(13)25-9-14-15(21)7-12(20)8-16(14)22/h2-11H,12H2,1H3,(H,32,33);3,5-8H,2,4,9H2,1H3. The van der Waals surface area contributed by atoms with E-state index in [2.05, 4.69) is 31.9 Å². The van der Waals surface area contributed by atoms with Gasteiger partial charge < -0.3 is 23.9 Å². The van der Waals surface area contributed by atoms with Crippen LogP contribution < -0.4 is 9.47 Å². The summed E-state index contributed by atoms with van der Waals surface area (Å²) in [5, 5.41) is 9.33. The number of rotatable bonds is 13. The zero-order chi connectivity index (χ0) is 43.1. The summed E-state index contributed by atoms with van der Waals surface area (Å²) in [6, 6.07) is 18.6. The maximum Gasteiger partial charge on any atom is 0.335 e. The zero-order valence-corrected chi connectivity index (χ0v) is 34.0. The van der Waals surface area contributed by atoms with Crippen LogP contribution in [-0.4, -0.2) is 27.2 Å². The number of carbonyl (C=O) groups excluding carboxylic acids is 2. The number of aromatic nitrogens is 1. The molecule has 0 bridgehead atoms. The average Bonchev–Trinajstić information content (AvgIpc) is 3.54. The van der Waals surface area contributed by atoms with Crippen LogP contribution in [0.15, 0.2) is 99.9 Å². The Bertz CT molecular complexity index is 2530. The lowest BCUT2D eigenvalue weighted by molar-refractivity contribution is -0.117. The fourth-order valence-electron chi connectivity index (χ4n) is 5.70. The number of carboxylic acid groups (broad SMARTS) is 1. The SMILES string of the molecule is CC(=O)CCC(=O)c1cc(Br)ccc1OCc1c(F)cc(F)cc1F.Cc1ccc(-c2cc(Br)ccc2OCc2c(F)cc(F)cc2F)n1-c1cc(C(=O)O)ccc1F. The van der Waals surface area contributed by atoms with Crippen molar-refractivity contribution in [3.63, 3.8) is 0 Å². The minimum Gasteiger partial charge on any atom is -0.488 e. The highest BCUT2D eigenvalue weighted by molar-refractivity contribution is 9.10. The number of ketones is 2. The molecule has 59 heavy (non-hydrogen) atoms. The van der Waals surface area contributed by atoms with Crippen LogP contribution >= 0.6 is 31.9 Å². The van der Waals surface area contributed by atoms with Crippen LogP contribution in [0.3, 0.4) is 0 Å². The van der Waals surface area contributed by atoms with Crippen LogP contribution in [0.2, 0.25) is 0 Å². The van der Waals surface area contributed by atoms with E-state index in [1.54, 1.807) is 43.3 Å². The van der Waals surface area contributed by atoms with E-state index in [1.165, 1.54) is 35.8 Å². The largest absolute Gasteiger partial charge is 0.488 e. The molecule has 0 aliphatic carbocycles. The molecule has 306 valence electrons. The minimum atomic E-state index is -1.21. The lowest BCUT2D eigenvalue weighted by atomic mass is 10.0. The van der Waals surface area contributed by atoms with Gasteiger partial charge in [0.25, 0.3) is 0 Å². The highest BCUT2D eigenvalue weighted by Gasteiger charge is 2.21. The third-order valence-electron chi connectivity index (χ3n) is 8.63. The van der Waals surface area contributed by atoms with Crippen LogP contribution in [0.5, 0.6) is 11.5 Å². The van der Waals surface area contributed by atoms with E-state index >= 15 is 0 Å². The van der Waals surface area contributed by atoms with Crippen molar-refractivity contribution in [3.05, 3.63) is 169 Å². The van der Waals surface area contributed by atoms with Crippen molar-refractivity contribution in [2.75, 3.05) is 0 Å². The normalized spacial score (nSPS) is 10.8. The topological polar surface area (TPSA) is 94.8 Å². The Morgan fingerprint density at radius 2 is 1.15 bits per heavy atom. The number of hydrogen-bond acceptors (Lipinski definition) is 5. The number of aromatic carboxylic acids is 1. The van der Waals surface area contributed by atoms with Gasteiger partial charge in [-0.15, -0.1) is 0 Å². The molecule has 0 spiro atoms. The number of Topliss-reactive ketones (excluding diaryl/α,β-unsaturated/α-hetero) is 2. The van der Waals surface area contributed by atoms with Gasteiger partial charge in [0.2, 0.25) is 0 Å². The summed E-state index contributed by atoms with van der Waals surface area (Å²) in [5.74, 6) is -8.32. The van der Waals surface area contributed by atoms with Gasteiger partial charge >= 0.3 is 5.97 Å². The maximum atomic E-state index is 14.8. The van der Waals surface area contributed by atoms with Crippen molar-refractivity contribution in [1.82, 2.24) is 4.57 Å². The predicted octanol–water partition coefficient (Wildman–Crippen LogP) is 12.0. The quantitative estimate of drug-likeness (QED) is 0.0915. The molecule has 0 aliphatic heterocycles. The molecule has 0 atom stereocenters. The van der Waals surface area contributed by atoms with Gasteiger partial charge in [-0.1, -0.05) is 31.9 Å². The van der Waals surface area contributed by atoms with Gasteiger partial charge in [-0.05, 0) is 80.6 Å². The second-order valence-corrected chi connectivity index (χ2v) is 14.7. The number of nitrogens with zero attached hydrogens (tertiary/aromatic N) is 1. The second kappa shape index (κ2) is 19.3. The first-order chi connectivity index (χ1) is 27.9. The van der Waals surface area contributed by atoms with E-state index in [1.807, 2.05) is 0 Å². The van der Waals surface area contributed by atoms with Gasteiger partial charge in [0.15, 0.2) is 5.78 Å². The second-order valence-electron chi connectivity index (χ2n) is 12.8. The fraction of sp³-hybridized carbons (Fsp3) is 0.140. The Labute approximate surface area is 349 Å². The van der Waals surface area contributed by atoms with Gasteiger partial charge in [-0.25, -0.2) is 35.5 Å². The summed E-state index contributed by atoms with van der Waals surface area (Å²) in [7, 11) is 0. The van der Waals surface area contributed by atoms with Gasteiger partial charge in [0.05, 0.1) is 33.6 Å². The molecular weight excluding hydrogens is 919 g/mol. The van der Waals surface area contributed by atoms with E-state index in [0.29, 0.717) is 50.2 Å². The number of carbonyl (C=O) groups is 3. The molecule has 0 saturated carbocycles. The van der Waals surface area contributed by atoms with Crippen molar-refractivity contribution >= 4 is 49.4 Å². The zero-order valence-electron chi connectivity index (χ0n) is 30.8. The predicted molar refractivity (Wildman–Crippen MR) is 210 cm³/mol. The number of ether oxygens (including phenoxy) is 2. The molecule has 7 nitrogen and oxygen atoms in total. The van der Waals surface area contributed by atoms with Crippen molar-refractivity contribution in [2.24, 2.45) is 0 Å². The van der Waals surface area contributed by atoms with Crippen LogP contribution in [0.1, 0.15) is 57.3 Å². The van der Waals surface area contributed by atoms with Gasteiger partial charge in [-0.3, -0.25) is 4.79 Å². The van der Waals surface area contributed by atoms with Crippen molar-refractivity contribution < 1.29 is 59.7 Å². The molecule has 0 amide bonds. The number of benzene rings is 5. The van der Waals surface area contributed by atoms with Crippen molar-refractivity contribution in [3.8, 4) is 28.4 Å². The van der Waals surface area contributed by atoms with E-state index in [4.69, 9.17) is 9.47 Å². The highest BCUT2D eigenvalue weighted by Crippen LogP contribution is 2.37. The van der Waals surface area contributed by atoms with Crippen molar-refractivity contribution in [2.45, 2.75) is 39.9 Å². The number of halogens is 9.